The molecule has 2 amide bonds. The smallest absolute Gasteiger partial charge is 0.375 e. The van der Waals surface area contributed by atoms with E-state index in [-0.39, 0.29) is 30.3 Å². The number of benzene rings is 4. The van der Waals surface area contributed by atoms with Gasteiger partial charge >= 0.3 is 12.4 Å². The van der Waals surface area contributed by atoms with Gasteiger partial charge in [-0.3, -0.25) is 14.9 Å². The first-order chi connectivity index (χ1) is 20.9. The molecule has 11 heteroatoms. The summed E-state index contributed by atoms with van der Waals surface area (Å²) in [5.41, 5.74) is -1.27. The number of halogens is 6. The van der Waals surface area contributed by atoms with E-state index in [1.807, 2.05) is 60.7 Å². The Morgan fingerprint density at radius 2 is 1.16 bits per heavy atom. The van der Waals surface area contributed by atoms with Crippen LogP contribution < -0.4 is 10.6 Å². The molecule has 0 bridgehead atoms. The van der Waals surface area contributed by atoms with Gasteiger partial charge in [-0.2, -0.15) is 26.3 Å². The Kier molecular flexibility index (Phi) is 10.6. The molecule has 4 aromatic carbocycles. The molecule has 4 aromatic rings. The number of carbonyl (C=O) groups is 2. The van der Waals surface area contributed by atoms with Crippen LogP contribution in [0.2, 0.25) is 0 Å². The standard InChI is InChI=1S/C33H28F6N2O3/c34-32(35,36)26-16-22(17-27(18-26)33(37,38)39)20-44-21-28(40-19-29(42)41-31(43)25-14-8-3-9-15-25)30(23-10-4-1-5-11-23)24-12-6-2-7-13-24/h1-18,28,30,40H,19-21H2,(H,41,42,43). The number of rotatable bonds is 11. The zero-order valence-corrected chi connectivity index (χ0v) is 23.2. The molecule has 1 atom stereocenters. The molecule has 0 heterocycles. The molecule has 0 aliphatic heterocycles. The minimum absolute atomic E-state index is 0.0596. The van der Waals surface area contributed by atoms with Crippen molar-refractivity contribution >= 4 is 11.8 Å². The van der Waals surface area contributed by atoms with Crippen molar-refractivity contribution in [2.45, 2.75) is 30.9 Å². The van der Waals surface area contributed by atoms with Crippen molar-refractivity contribution in [3.8, 4) is 0 Å². The molecule has 1 unspecified atom stereocenters. The van der Waals surface area contributed by atoms with E-state index in [0.29, 0.717) is 12.1 Å². The number of alkyl halides is 6. The van der Waals surface area contributed by atoms with Crippen molar-refractivity contribution in [3.05, 3.63) is 143 Å². The molecule has 230 valence electrons. The van der Waals surface area contributed by atoms with Crippen LogP contribution in [0.1, 0.15) is 44.1 Å². The van der Waals surface area contributed by atoms with Gasteiger partial charge in [0, 0.05) is 17.5 Å². The number of carbonyl (C=O) groups excluding carboxylic acids is 2. The highest BCUT2D eigenvalue weighted by Gasteiger charge is 2.37. The van der Waals surface area contributed by atoms with Gasteiger partial charge in [0.25, 0.3) is 5.91 Å². The molecular formula is C33H28F6N2O3. The van der Waals surface area contributed by atoms with Crippen LogP contribution >= 0.6 is 0 Å². The predicted molar refractivity (Wildman–Crippen MR) is 152 cm³/mol. The van der Waals surface area contributed by atoms with Crippen LogP contribution in [0.15, 0.2) is 109 Å². The van der Waals surface area contributed by atoms with Gasteiger partial charge in [-0.1, -0.05) is 78.9 Å². The summed E-state index contributed by atoms with van der Waals surface area (Å²) < 4.78 is 85.9. The Morgan fingerprint density at radius 1 is 0.682 bits per heavy atom. The third kappa shape index (κ3) is 9.01. The lowest BCUT2D eigenvalue weighted by Crippen LogP contribution is -2.45. The van der Waals surface area contributed by atoms with Crippen LogP contribution in [0.25, 0.3) is 0 Å². The van der Waals surface area contributed by atoms with Crippen LogP contribution in [-0.2, 0) is 28.5 Å². The SMILES string of the molecule is O=C(CNC(COCc1cc(C(F)(F)F)cc(C(F)(F)F)c1)C(c1ccccc1)c1ccccc1)NC(=O)c1ccccc1. The van der Waals surface area contributed by atoms with E-state index in [0.717, 1.165) is 11.1 Å². The summed E-state index contributed by atoms with van der Waals surface area (Å²) in [4.78, 5) is 25.2. The summed E-state index contributed by atoms with van der Waals surface area (Å²) >= 11 is 0. The minimum atomic E-state index is -4.99. The maximum atomic E-state index is 13.4. The maximum Gasteiger partial charge on any atom is 0.416 e. The van der Waals surface area contributed by atoms with Gasteiger partial charge in [0.2, 0.25) is 5.91 Å². The molecule has 0 aliphatic rings. The van der Waals surface area contributed by atoms with E-state index in [1.54, 1.807) is 30.3 Å². The number of ether oxygens (including phenoxy) is 1. The molecule has 4 rings (SSSR count). The molecule has 0 aromatic heterocycles. The quantitative estimate of drug-likeness (QED) is 0.179. The first-order valence-corrected chi connectivity index (χ1v) is 13.5. The minimum Gasteiger partial charge on any atom is -0.375 e. The van der Waals surface area contributed by atoms with E-state index in [1.165, 1.54) is 0 Å². The van der Waals surface area contributed by atoms with Gasteiger partial charge in [-0.25, -0.2) is 0 Å². The third-order valence-electron chi connectivity index (χ3n) is 6.75. The van der Waals surface area contributed by atoms with Crippen LogP contribution in [0.3, 0.4) is 0 Å². The molecular weight excluding hydrogens is 586 g/mol. The van der Waals surface area contributed by atoms with Crippen LogP contribution in [0.5, 0.6) is 0 Å². The summed E-state index contributed by atoms with van der Waals surface area (Å²) in [5, 5.41) is 5.38. The van der Waals surface area contributed by atoms with E-state index in [4.69, 9.17) is 4.74 Å². The predicted octanol–water partition coefficient (Wildman–Crippen LogP) is 6.99. The normalized spacial score (nSPS) is 12.6. The Labute approximate surface area is 249 Å². The van der Waals surface area contributed by atoms with Gasteiger partial charge in [-0.05, 0) is 47.0 Å². The van der Waals surface area contributed by atoms with Crippen molar-refractivity contribution in [1.82, 2.24) is 10.6 Å². The highest BCUT2D eigenvalue weighted by molar-refractivity contribution is 6.05. The Balaban J connectivity index is 1.57. The molecule has 5 nitrogen and oxygen atoms in total. The van der Waals surface area contributed by atoms with Crippen molar-refractivity contribution in [2.75, 3.05) is 13.2 Å². The largest absolute Gasteiger partial charge is 0.416 e. The highest BCUT2D eigenvalue weighted by Crippen LogP contribution is 2.36. The molecule has 44 heavy (non-hydrogen) atoms. The first kappa shape index (κ1) is 32.4. The Bertz CT molecular complexity index is 1460. The van der Waals surface area contributed by atoms with Gasteiger partial charge in [-0.15, -0.1) is 0 Å². The lowest BCUT2D eigenvalue weighted by Gasteiger charge is -2.29. The third-order valence-corrected chi connectivity index (χ3v) is 6.75. The fraction of sp³-hybridized carbons (Fsp3) is 0.212. The molecule has 0 fully saturated rings. The average Bonchev–Trinajstić information content (AvgIpc) is 3.00. The molecule has 0 aliphatic carbocycles. The van der Waals surface area contributed by atoms with E-state index in [2.05, 4.69) is 10.6 Å². The van der Waals surface area contributed by atoms with Crippen molar-refractivity contribution in [1.29, 1.82) is 0 Å². The number of amides is 2. The number of hydrogen-bond donors (Lipinski definition) is 2. The van der Waals surface area contributed by atoms with Gasteiger partial charge in [0.1, 0.15) is 0 Å². The highest BCUT2D eigenvalue weighted by atomic mass is 19.4. The van der Waals surface area contributed by atoms with Crippen LogP contribution in [-0.4, -0.2) is 31.0 Å². The lowest BCUT2D eigenvalue weighted by atomic mass is 9.85. The lowest BCUT2D eigenvalue weighted by molar-refractivity contribution is -0.143. The van der Waals surface area contributed by atoms with Crippen molar-refractivity contribution < 1.29 is 40.7 Å². The second-order valence-corrected chi connectivity index (χ2v) is 9.96. The summed E-state index contributed by atoms with van der Waals surface area (Å²) in [7, 11) is 0. The second-order valence-electron chi connectivity index (χ2n) is 9.96. The number of imide groups is 1. The number of nitrogens with one attached hydrogen (secondary N) is 2. The molecule has 0 saturated carbocycles. The van der Waals surface area contributed by atoms with E-state index >= 15 is 0 Å². The first-order valence-electron chi connectivity index (χ1n) is 13.5. The molecule has 0 spiro atoms. The van der Waals surface area contributed by atoms with E-state index < -0.39 is 53.9 Å². The van der Waals surface area contributed by atoms with Gasteiger partial charge in [0.05, 0.1) is 30.9 Å². The Hall–Kier alpha value is -4.48. The summed E-state index contributed by atoms with van der Waals surface area (Å²) in [6, 6.07) is 27.0. The summed E-state index contributed by atoms with van der Waals surface area (Å²) in [5.74, 6) is -1.68. The maximum absolute atomic E-state index is 13.4. The Morgan fingerprint density at radius 3 is 1.64 bits per heavy atom. The molecule has 0 radical (unpaired) electrons. The zero-order chi connectivity index (χ0) is 31.7. The molecule has 2 N–H and O–H groups in total. The zero-order valence-electron chi connectivity index (χ0n) is 23.2. The van der Waals surface area contributed by atoms with Crippen LogP contribution in [0.4, 0.5) is 26.3 Å². The van der Waals surface area contributed by atoms with Gasteiger partial charge in [0.15, 0.2) is 0 Å². The fourth-order valence-electron chi connectivity index (χ4n) is 4.71. The number of hydrogen-bond acceptors (Lipinski definition) is 4. The fourth-order valence-corrected chi connectivity index (χ4v) is 4.71. The average molecular weight is 615 g/mol. The van der Waals surface area contributed by atoms with Crippen molar-refractivity contribution in [3.63, 3.8) is 0 Å². The summed E-state index contributed by atoms with van der Waals surface area (Å²) in [6.07, 6.45) is -9.98. The summed E-state index contributed by atoms with van der Waals surface area (Å²) in [6.45, 7) is -1.09. The van der Waals surface area contributed by atoms with Gasteiger partial charge < -0.3 is 10.1 Å². The monoisotopic (exact) mass is 614 g/mol. The second kappa shape index (κ2) is 14.3. The van der Waals surface area contributed by atoms with E-state index in [9.17, 15) is 35.9 Å². The van der Waals surface area contributed by atoms with Crippen molar-refractivity contribution in [2.24, 2.45) is 0 Å². The topological polar surface area (TPSA) is 67.4 Å². The van der Waals surface area contributed by atoms with Crippen LogP contribution in [0, 0.1) is 0 Å². The molecule has 0 saturated heterocycles.